The predicted octanol–water partition coefficient (Wildman–Crippen LogP) is 3.22. The Morgan fingerprint density at radius 2 is 2.21 bits per heavy atom. The number of fused-ring (bicyclic) bond motifs is 1. The molecule has 2 aromatic heterocycles. The Hall–Kier alpha value is -2.02. The van der Waals surface area contributed by atoms with E-state index < -0.39 is 0 Å². The molecule has 1 N–H and O–H groups in total. The van der Waals surface area contributed by atoms with Crippen LogP contribution >= 0.6 is 11.3 Å². The van der Waals surface area contributed by atoms with Crippen molar-refractivity contribution in [3.63, 3.8) is 0 Å². The Morgan fingerprint density at radius 3 is 3.04 bits per heavy atom. The van der Waals surface area contributed by atoms with Crippen molar-refractivity contribution < 1.29 is 4.79 Å². The van der Waals surface area contributed by atoms with Crippen molar-refractivity contribution in [1.29, 1.82) is 0 Å². The highest BCUT2D eigenvalue weighted by molar-refractivity contribution is 7.11. The molecule has 24 heavy (non-hydrogen) atoms. The first kappa shape index (κ1) is 15.5. The second-order valence-corrected chi connectivity index (χ2v) is 7.55. The molecule has 0 bridgehead atoms. The maximum atomic E-state index is 12.5. The Labute approximate surface area is 145 Å². The van der Waals surface area contributed by atoms with Gasteiger partial charge in [0.2, 0.25) is 0 Å². The summed E-state index contributed by atoms with van der Waals surface area (Å²) >= 11 is 1.87. The van der Waals surface area contributed by atoms with Crippen LogP contribution in [0.1, 0.15) is 47.2 Å². The number of nitrogens with one attached hydrogen (secondary N) is 1. The highest BCUT2D eigenvalue weighted by Crippen LogP contribution is 2.34. The van der Waals surface area contributed by atoms with E-state index in [0.717, 1.165) is 32.4 Å². The molecule has 1 aliphatic heterocycles. The molecule has 1 unspecified atom stereocenters. The molecule has 7 heteroatoms. The van der Waals surface area contributed by atoms with Crippen LogP contribution < -0.4 is 5.32 Å². The molecule has 6 nitrogen and oxygen atoms in total. The summed E-state index contributed by atoms with van der Waals surface area (Å²) in [6.45, 7) is 1.53. The summed E-state index contributed by atoms with van der Waals surface area (Å²) in [6.07, 6.45) is 10.0. The van der Waals surface area contributed by atoms with E-state index in [4.69, 9.17) is 4.98 Å². The van der Waals surface area contributed by atoms with Crippen LogP contribution in [0, 0.1) is 0 Å². The molecular weight excluding hydrogens is 322 g/mol. The third-order valence-corrected chi connectivity index (χ3v) is 6.06. The lowest BCUT2D eigenvalue weighted by Gasteiger charge is -2.31. The van der Waals surface area contributed by atoms with E-state index in [1.807, 2.05) is 16.2 Å². The van der Waals surface area contributed by atoms with Gasteiger partial charge in [0.15, 0.2) is 0 Å². The van der Waals surface area contributed by atoms with E-state index in [2.05, 4.69) is 15.3 Å². The van der Waals surface area contributed by atoms with Crippen LogP contribution in [0.4, 0.5) is 10.6 Å². The minimum Gasteiger partial charge on any atom is -0.324 e. The minimum absolute atomic E-state index is 0.0836. The first-order valence-corrected chi connectivity index (χ1v) is 9.41. The van der Waals surface area contributed by atoms with Crippen molar-refractivity contribution in [3.8, 4) is 0 Å². The van der Waals surface area contributed by atoms with Gasteiger partial charge in [-0.15, -0.1) is 11.3 Å². The van der Waals surface area contributed by atoms with Crippen molar-refractivity contribution in [1.82, 2.24) is 19.9 Å². The molecular formula is C17H21N5OS. The molecule has 4 rings (SSSR count). The van der Waals surface area contributed by atoms with Gasteiger partial charge in [0.25, 0.3) is 0 Å². The van der Waals surface area contributed by atoms with Crippen LogP contribution in [0.25, 0.3) is 0 Å². The van der Waals surface area contributed by atoms with E-state index in [9.17, 15) is 4.79 Å². The summed E-state index contributed by atoms with van der Waals surface area (Å²) in [5, 5.41) is 4.08. The van der Waals surface area contributed by atoms with Crippen molar-refractivity contribution in [2.75, 3.05) is 18.4 Å². The number of piperidine rings is 1. The average Bonchev–Trinajstić information content (AvgIpc) is 3.07. The van der Waals surface area contributed by atoms with Crippen LogP contribution in [-0.4, -0.2) is 39.0 Å². The van der Waals surface area contributed by atoms with Crippen LogP contribution in [-0.2, 0) is 12.8 Å². The summed E-state index contributed by atoms with van der Waals surface area (Å²) in [4.78, 5) is 28.6. The normalized spacial score (nSPS) is 20.5. The van der Waals surface area contributed by atoms with E-state index in [1.54, 1.807) is 12.3 Å². The second kappa shape index (κ2) is 6.84. The number of urea groups is 1. The van der Waals surface area contributed by atoms with Gasteiger partial charge in [-0.1, -0.05) is 0 Å². The number of carbonyl (C=O) groups is 1. The third kappa shape index (κ3) is 3.26. The van der Waals surface area contributed by atoms with Gasteiger partial charge in [-0.3, -0.25) is 5.32 Å². The molecule has 1 saturated heterocycles. The molecule has 126 valence electrons. The number of rotatable bonds is 2. The van der Waals surface area contributed by atoms with Crippen LogP contribution in [0.2, 0.25) is 0 Å². The molecule has 2 aliphatic rings. The highest BCUT2D eigenvalue weighted by atomic mass is 32.1. The number of aryl methyl sites for hydroxylation is 2. The maximum Gasteiger partial charge on any atom is 0.323 e. The molecule has 0 spiro atoms. The minimum atomic E-state index is -0.0836. The van der Waals surface area contributed by atoms with Gasteiger partial charge in [-0.2, -0.15) is 0 Å². The number of carbonyl (C=O) groups excluding carboxylic acids is 1. The van der Waals surface area contributed by atoms with Crippen molar-refractivity contribution >= 4 is 23.2 Å². The fourth-order valence-electron chi connectivity index (χ4n) is 3.46. The zero-order valence-electron chi connectivity index (χ0n) is 13.6. The van der Waals surface area contributed by atoms with Gasteiger partial charge in [0.05, 0.1) is 10.7 Å². The largest absolute Gasteiger partial charge is 0.324 e. The number of likely N-dealkylation sites (tertiary alicyclic amines) is 1. The standard InChI is InChI=1S/C17H21N5OS/c23-17(21-15-7-8-18-11-19-15)22-9-3-4-12(10-22)16-20-13-5-1-2-6-14(13)24-16/h7-8,11-12H,1-6,9-10H2,(H,18,19,21,23). The molecule has 2 amide bonds. The summed E-state index contributed by atoms with van der Waals surface area (Å²) in [5.41, 5.74) is 1.31. The lowest BCUT2D eigenvalue weighted by molar-refractivity contribution is 0.192. The summed E-state index contributed by atoms with van der Waals surface area (Å²) in [7, 11) is 0. The van der Waals surface area contributed by atoms with Gasteiger partial charge < -0.3 is 4.90 Å². The molecule has 3 heterocycles. The average molecular weight is 343 g/mol. The number of anilines is 1. The first-order chi connectivity index (χ1) is 11.8. The summed E-state index contributed by atoms with van der Waals surface area (Å²) < 4.78 is 0. The van der Waals surface area contributed by atoms with Crippen molar-refractivity contribution in [2.24, 2.45) is 0 Å². The molecule has 1 fully saturated rings. The maximum absolute atomic E-state index is 12.5. The first-order valence-electron chi connectivity index (χ1n) is 8.60. The van der Waals surface area contributed by atoms with Crippen LogP contribution in [0.3, 0.4) is 0 Å². The Bertz CT molecular complexity index is 694. The number of thiazole rings is 1. The van der Waals surface area contributed by atoms with Crippen molar-refractivity contribution in [3.05, 3.63) is 34.2 Å². The molecule has 0 radical (unpaired) electrons. The Morgan fingerprint density at radius 1 is 1.29 bits per heavy atom. The van der Waals surface area contributed by atoms with E-state index >= 15 is 0 Å². The number of hydrogen-bond acceptors (Lipinski definition) is 5. The van der Waals surface area contributed by atoms with E-state index in [1.165, 1.54) is 41.2 Å². The zero-order valence-corrected chi connectivity index (χ0v) is 14.4. The van der Waals surface area contributed by atoms with E-state index in [-0.39, 0.29) is 6.03 Å². The number of amides is 2. The molecule has 0 aromatic carbocycles. The van der Waals surface area contributed by atoms with Gasteiger partial charge in [0.1, 0.15) is 12.1 Å². The number of aromatic nitrogens is 3. The lowest BCUT2D eigenvalue weighted by Crippen LogP contribution is -2.41. The fraction of sp³-hybridized carbons (Fsp3) is 0.529. The number of nitrogens with zero attached hydrogens (tertiary/aromatic N) is 4. The van der Waals surface area contributed by atoms with Gasteiger partial charge in [0, 0.05) is 30.1 Å². The molecule has 2 aromatic rings. The predicted molar refractivity (Wildman–Crippen MR) is 93.4 cm³/mol. The third-order valence-electron chi connectivity index (χ3n) is 4.74. The molecule has 0 saturated carbocycles. The summed E-state index contributed by atoms with van der Waals surface area (Å²) in [5.74, 6) is 0.910. The SMILES string of the molecule is O=C(Nc1ccncn1)N1CCCC(c2nc3c(s2)CCCC3)C1. The Balaban J connectivity index is 1.43. The molecule has 1 aliphatic carbocycles. The number of hydrogen-bond donors (Lipinski definition) is 1. The van der Waals surface area contributed by atoms with Crippen molar-refractivity contribution in [2.45, 2.75) is 44.4 Å². The van der Waals surface area contributed by atoms with Gasteiger partial charge in [-0.25, -0.2) is 19.7 Å². The zero-order chi connectivity index (χ0) is 16.4. The highest BCUT2D eigenvalue weighted by Gasteiger charge is 2.28. The topological polar surface area (TPSA) is 71.0 Å². The monoisotopic (exact) mass is 343 g/mol. The van der Waals surface area contributed by atoms with Gasteiger partial charge in [-0.05, 0) is 44.6 Å². The van der Waals surface area contributed by atoms with E-state index in [0.29, 0.717) is 11.7 Å². The van der Waals surface area contributed by atoms with Crippen LogP contribution in [0.15, 0.2) is 18.6 Å². The quantitative estimate of drug-likeness (QED) is 0.909. The fourth-order valence-corrected chi connectivity index (χ4v) is 4.74. The van der Waals surface area contributed by atoms with Gasteiger partial charge >= 0.3 is 6.03 Å². The Kier molecular flexibility index (Phi) is 4.42. The second-order valence-electron chi connectivity index (χ2n) is 6.44. The summed E-state index contributed by atoms with van der Waals surface area (Å²) in [6, 6.07) is 1.62. The van der Waals surface area contributed by atoms with Crippen LogP contribution in [0.5, 0.6) is 0 Å². The lowest BCUT2D eigenvalue weighted by atomic mass is 9.98. The smallest absolute Gasteiger partial charge is 0.323 e. The molecule has 1 atom stereocenters.